The van der Waals surface area contributed by atoms with Crippen LogP contribution in [0.2, 0.25) is 0 Å². The van der Waals surface area contributed by atoms with E-state index in [1.54, 1.807) is 19.9 Å². The van der Waals surface area contributed by atoms with Crippen LogP contribution in [0.4, 0.5) is 19.0 Å². The Bertz CT molecular complexity index is 1320. The van der Waals surface area contributed by atoms with E-state index in [1.807, 2.05) is 6.08 Å². The number of aliphatic hydroxyl groups is 1. The van der Waals surface area contributed by atoms with Crippen molar-refractivity contribution in [3.05, 3.63) is 69.0 Å². The largest absolute Gasteiger partial charge is 0.393 e. The second kappa shape index (κ2) is 9.21. The number of benzene rings is 1. The predicted molar refractivity (Wildman–Crippen MR) is 125 cm³/mol. The van der Waals surface area contributed by atoms with Crippen LogP contribution in [0.25, 0.3) is 16.6 Å². The number of nitrogens with one attached hydrogen (secondary N) is 2. The molecule has 0 saturated carbocycles. The third-order valence-electron chi connectivity index (χ3n) is 6.24. The van der Waals surface area contributed by atoms with Gasteiger partial charge in [-0.2, -0.15) is 0 Å². The molecular weight excluding hydrogens is 445 g/mol. The third kappa shape index (κ3) is 4.57. The Balaban J connectivity index is 1.76. The van der Waals surface area contributed by atoms with Crippen molar-refractivity contribution in [2.24, 2.45) is 0 Å². The summed E-state index contributed by atoms with van der Waals surface area (Å²) < 4.78 is 43.5. The Morgan fingerprint density at radius 3 is 2.76 bits per heavy atom. The van der Waals surface area contributed by atoms with Gasteiger partial charge in [-0.25, -0.2) is 23.1 Å². The van der Waals surface area contributed by atoms with Crippen molar-refractivity contribution >= 4 is 22.4 Å². The number of pyridine rings is 1. The summed E-state index contributed by atoms with van der Waals surface area (Å²) in [6.07, 6.45) is 2.52. The molecule has 4 rings (SSSR count). The van der Waals surface area contributed by atoms with Gasteiger partial charge in [-0.05, 0) is 44.7 Å². The van der Waals surface area contributed by atoms with Crippen molar-refractivity contribution in [1.82, 2.24) is 15.0 Å². The minimum absolute atomic E-state index is 0.0867. The highest BCUT2D eigenvalue weighted by Crippen LogP contribution is 2.36. The molecule has 0 spiro atoms. The molecular formula is C25H27F3N4O2. The van der Waals surface area contributed by atoms with E-state index in [-0.39, 0.29) is 11.1 Å². The molecule has 2 aromatic heterocycles. The molecule has 0 bridgehead atoms. The Morgan fingerprint density at radius 1 is 1.32 bits per heavy atom. The first-order valence-corrected chi connectivity index (χ1v) is 11.3. The van der Waals surface area contributed by atoms with Crippen LogP contribution in [0.5, 0.6) is 0 Å². The molecule has 0 aliphatic heterocycles. The topological polar surface area (TPSA) is 90.9 Å². The Morgan fingerprint density at radius 2 is 2.09 bits per heavy atom. The van der Waals surface area contributed by atoms with Gasteiger partial charge in [0.2, 0.25) is 0 Å². The van der Waals surface area contributed by atoms with E-state index in [0.29, 0.717) is 47.5 Å². The smallest absolute Gasteiger partial charge is 0.275 e. The molecule has 0 amide bonds. The highest BCUT2D eigenvalue weighted by atomic mass is 19.3. The normalized spacial score (nSPS) is 17.5. The van der Waals surface area contributed by atoms with Crippen LogP contribution in [0.15, 0.2) is 35.1 Å². The number of H-pyrrole nitrogens is 1. The Kier molecular flexibility index (Phi) is 6.49. The average Bonchev–Trinajstić information content (AvgIpc) is 2.79. The molecule has 34 heavy (non-hydrogen) atoms. The van der Waals surface area contributed by atoms with Gasteiger partial charge < -0.3 is 15.4 Å². The maximum atomic E-state index is 15.1. The van der Waals surface area contributed by atoms with Gasteiger partial charge in [0.05, 0.1) is 23.1 Å². The van der Waals surface area contributed by atoms with Gasteiger partial charge in [0.1, 0.15) is 23.1 Å². The first-order valence-electron chi connectivity index (χ1n) is 11.3. The number of aromatic amines is 1. The van der Waals surface area contributed by atoms with Crippen LogP contribution in [0.1, 0.15) is 68.1 Å². The number of rotatable bonds is 6. The van der Waals surface area contributed by atoms with Crippen LogP contribution >= 0.6 is 0 Å². The summed E-state index contributed by atoms with van der Waals surface area (Å²) in [4.78, 5) is 24.3. The monoisotopic (exact) mass is 472 g/mol. The van der Waals surface area contributed by atoms with E-state index in [0.717, 1.165) is 11.6 Å². The lowest BCUT2D eigenvalue weighted by molar-refractivity contribution is -0.0119. The molecule has 0 saturated heterocycles. The standard InChI is InChI=1S/C25H27F3N4O2/c1-4-25(27,28)20-7-5-6-17(21(20)26)13(2)29-22-19-12-18(15-8-10-16(33)11-9-15)24(34)32-23(19)31-14(3)30-22/h5-8,12-13,16,33H,4,9-11H2,1-3H3,(H2,29,30,31,32,34)/t13-,16?/m1/s1. The maximum absolute atomic E-state index is 15.1. The number of anilines is 1. The highest BCUT2D eigenvalue weighted by molar-refractivity contribution is 5.89. The maximum Gasteiger partial charge on any atom is 0.275 e. The minimum Gasteiger partial charge on any atom is -0.393 e. The molecule has 9 heteroatoms. The van der Waals surface area contributed by atoms with E-state index in [2.05, 4.69) is 20.3 Å². The summed E-state index contributed by atoms with van der Waals surface area (Å²) in [5, 5.41) is 13.4. The molecule has 180 valence electrons. The number of fused-ring (bicyclic) bond motifs is 1. The second-order valence-electron chi connectivity index (χ2n) is 8.68. The summed E-state index contributed by atoms with van der Waals surface area (Å²) in [6, 6.07) is 4.97. The fraction of sp³-hybridized carbons (Fsp3) is 0.400. The summed E-state index contributed by atoms with van der Waals surface area (Å²) in [7, 11) is 0. The third-order valence-corrected chi connectivity index (χ3v) is 6.24. The molecule has 2 atom stereocenters. The van der Waals surface area contributed by atoms with E-state index < -0.39 is 35.9 Å². The molecule has 1 aliphatic rings. The van der Waals surface area contributed by atoms with Gasteiger partial charge in [-0.1, -0.05) is 31.2 Å². The van der Waals surface area contributed by atoms with Gasteiger partial charge in [0.25, 0.3) is 11.5 Å². The summed E-state index contributed by atoms with van der Waals surface area (Å²) >= 11 is 0. The van der Waals surface area contributed by atoms with Crippen LogP contribution < -0.4 is 10.9 Å². The quantitative estimate of drug-likeness (QED) is 0.449. The van der Waals surface area contributed by atoms with Crippen molar-refractivity contribution in [1.29, 1.82) is 0 Å². The zero-order valence-electron chi connectivity index (χ0n) is 19.3. The lowest BCUT2D eigenvalue weighted by Crippen LogP contribution is -2.19. The Hall–Kier alpha value is -3.20. The van der Waals surface area contributed by atoms with Gasteiger partial charge in [-0.3, -0.25) is 4.79 Å². The fourth-order valence-corrected chi connectivity index (χ4v) is 4.25. The number of allylic oxidation sites excluding steroid dienone is 1. The van der Waals surface area contributed by atoms with Crippen molar-refractivity contribution in [3.63, 3.8) is 0 Å². The number of aliphatic hydroxyl groups excluding tert-OH is 1. The van der Waals surface area contributed by atoms with Gasteiger partial charge in [0, 0.05) is 17.5 Å². The zero-order valence-corrected chi connectivity index (χ0v) is 19.3. The van der Waals surface area contributed by atoms with E-state index in [9.17, 15) is 18.7 Å². The Labute approximate surface area is 195 Å². The molecule has 3 N–H and O–H groups in total. The van der Waals surface area contributed by atoms with Crippen molar-refractivity contribution in [3.8, 4) is 0 Å². The summed E-state index contributed by atoms with van der Waals surface area (Å²) in [5.74, 6) is -3.48. The van der Waals surface area contributed by atoms with Crippen LogP contribution in [0, 0.1) is 12.7 Å². The zero-order chi connectivity index (χ0) is 24.6. The molecule has 0 radical (unpaired) electrons. The number of hydrogen-bond donors (Lipinski definition) is 3. The van der Waals surface area contributed by atoms with Gasteiger partial charge in [0.15, 0.2) is 0 Å². The number of nitrogens with zero attached hydrogens (tertiary/aromatic N) is 2. The molecule has 1 unspecified atom stereocenters. The van der Waals surface area contributed by atoms with Crippen molar-refractivity contribution in [2.45, 2.75) is 64.5 Å². The van der Waals surface area contributed by atoms with Crippen LogP contribution in [-0.2, 0) is 5.92 Å². The van der Waals surface area contributed by atoms with E-state index in [4.69, 9.17) is 0 Å². The van der Waals surface area contributed by atoms with Gasteiger partial charge in [-0.15, -0.1) is 0 Å². The fourth-order valence-electron chi connectivity index (χ4n) is 4.25. The SMILES string of the molecule is CCC(F)(F)c1cccc([C@@H](C)Nc2nc(C)nc3[nH]c(=O)c(C4=CCC(O)CC4)cc23)c1F. The van der Waals surface area contributed by atoms with Gasteiger partial charge >= 0.3 is 0 Å². The highest BCUT2D eigenvalue weighted by Gasteiger charge is 2.33. The second-order valence-corrected chi connectivity index (χ2v) is 8.68. The van der Waals surface area contributed by atoms with E-state index >= 15 is 4.39 Å². The molecule has 2 heterocycles. The van der Waals surface area contributed by atoms with Crippen LogP contribution in [-0.4, -0.2) is 26.2 Å². The number of hydrogen-bond acceptors (Lipinski definition) is 5. The van der Waals surface area contributed by atoms with Crippen LogP contribution in [0.3, 0.4) is 0 Å². The molecule has 6 nitrogen and oxygen atoms in total. The van der Waals surface area contributed by atoms with E-state index in [1.165, 1.54) is 19.1 Å². The number of aryl methyl sites for hydroxylation is 1. The number of alkyl halides is 2. The lowest BCUT2D eigenvalue weighted by Gasteiger charge is -2.21. The van der Waals surface area contributed by atoms with Crippen molar-refractivity contribution < 1.29 is 18.3 Å². The molecule has 1 aromatic carbocycles. The average molecular weight is 473 g/mol. The van der Waals surface area contributed by atoms with Crippen molar-refractivity contribution in [2.75, 3.05) is 5.32 Å². The summed E-state index contributed by atoms with van der Waals surface area (Å²) in [5.41, 5.74) is 0.755. The minimum atomic E-state index is -3.27. The molecule has 3 aromatic rings. The number of halogens is 3. The first kappa shape index (κ1) is 23.9. The first-order chi connectivity index (χ1) is 16.1. The molecule has 1 aliphatic carbocycles. The molecule has 0 fully saturated rings. The number of aromatic nitrogens is 3. The predicted octanol–water partition coefficient (Wildman–Crippen LogP) is 5.37. The lowest BCUT2D eigenvalue weighted by atomic mass is 9.92. The summed E-state index contributed by atoms with van der Waals surface area (Å²) in [6.45, 7) is 4.63.